The summed E-state index contributed by atoms with van der Waals surface area (Å²) >= 11 is 0. The zero-order valence-corrected chi connectivity index (χ0v) is 46.4. The lowest BCUT2D eigenvalue weighted by molar-refractivity contribution is 0.0284. The highest BCUT2D eigenvalue weighted by Gasteiger charge is 2.44. The maximum atomic E-state index is 6.80. The summed E-state index contributed by atoms with van der Waals surface area (Å²) in [5.41, 5.74) is 10.2. The minimum Gasteiger partial charge on any atom is -0.412 e. The van der Waals surface area contributed by atoms with E-state index in [0.29, 0.717) is 0 Å². The molecular formula is C52H88O4Si4. The molecule has 0 spiro atoms. The van der Waals surface area contributed by atoms with Crippen LogP contribution in [0.3, 0.4) is 0 Å². The van der Waals surface area contributed by atoms with Gasteiger partial charge in [-0.05, 0) is 166 Å². The monoisotopic (exact) mass is 889 g/mol. The van der Waals surface area contributed by atoms with Gasteiger partial charge in [-0.25, -0.2) is 0 Å². The van der Waals surface area contributed by atoms with Gasteiger partial charge in [-0.3, -0.25) is 0 Å². The van der Waals surface area contributed by atoms with E-state index < -0.39 is 33.3 Å². The molecule has 2 rings (SSSR count). The molecule has 0 aromatic heterocycles. The molecule has 0 unspecified atom stereocenters. The van der Waals surface area contributed by atoms with Crippen LogP contribution in [0.25, 0.3) is 0 Å². The van der Waals surface area contributed by atoms with Crippen LogP contribution in [-0.2, 0) is 17.7 Å². The number of rotatable bonds is 18. The number of hydrogen-bond acceptors (Lipinski definition) is 4. The average Bonchev–Trinajstić information content (AvgIpc) is 3.03. The second-order valence-electron chi connectivity index (χ2n) is 22.6. The standard InChI is InChI=1S/C52H88O4Si4/c1-39(29-25-31-41(3)33-35-45-43(5)49(55-59(17,18)19)47(37-51(45,7)8)53-57(11,12)13)27-23-24-28-40(2)30-26-32-42(4)34-36-46-44(6)50(56-60(20,21)22)48(38-52(46,9)10)54-58(14,15)16/h23-36,47-50H,37-38H2,1-22H3/b24-23+,29-25+,30-26+,35-33+,36-34+,39-27+,40-28+,41-31+,42-32+/t47-,48-,49+,50+/m0/s1. The first kappa shape index (κ1) is 54.0. The highest BCUT2D eigenvalue weighted by Crippen LogP contribution is 2.46. The van der Waals surface area contributed by atoms with Gasteiger partial charge in [-0.2, -0.15) is 0 Å². The van der Waals surface area contributed by atoms with Gasteiger partial charge in [0.1, 0.15) is 0 Å². The quantitative estimate of drug-likeness (QED) is 0.101. The first-order valence-corrected chi connectivity index (χ1v) is 36.0. The van der Waals surface area contributed by atoms with Gasteiger partial charge in [0.2, 0.25) is 0 Å². The minimum absolute atomic E-state index is 0.00707. The van der Waals surface area contributed by atoms with Crippen molar-refractivity contribution in [2.24, 2.45) is 10.8 Å². The fourth-order valence-corrected chi connectivity index (χ4v) is 12.5. The van der Waals surface area contributed by atoms with Crippen LogP contribution in [0.5, 0.6) is 0 Å². The summed E-state index contributed by atoms with van der Waals surface area (Å²) < 4.78 is 27.1. The van der Waals surface area contributed by atoms with Gasteiger partial charge >= 0.3 is 0 Å². The molecule has 2 aliphatic rings. The van der Waals surface area contributed by atoms with Crippen molar-refractivity contribution in [1.29, 1.82) is 0 Å². The molecular weight excluding hydrogens is 801 g/mol. The van der Waals surface area contributed by atoms with E-state index in [9.17, 15) is 0 Å². The predicted octanol–water partition coefficient (Wildman–Crippen LogP) is 15.9. The summed E-state index contributed by atoms with van der Waals surface area (Å²) in [5, 5.41) is 0. The molecule has 336 valence electrons. The third-order valence-electron chi connectivity index (χ3n) is 10.5. The van der Waals surface area contributed by atoms with Crippen molar-refractivity contribution >= 4 is 33.3 Å². The number of allylic oxidation sites excluding steroid dienone is 20. The highest BCUT2D eigenvalue weighted by atomic mass is 28.4. The molecule has 0 heterocycles. The van der Waals surface area contributed by atoms with E-state index in [1.54, 1.807) is 0 Å². The lowest BCUT2D eigenvalue weighted by Gasteiger charge is -2.46. The molecule has 0 amide bonds. The van der Waals surface area contributed by atoms with Gasteiger partial charge in [0.15, 0.2) is 33.3 Å². The molecule has 4 atom stereocenters. The van der Waals surface area contributed by atoms with Gasteiger partial charge in [0.05, 0.1) is 24.4 Å². The Morgan fingerprint density at radius 1 is 0.433 bits per heavy atom. The smallest absolute Gasteiger partial charge is 0.184 e. The van der Waals surface area contributed by atoms with E-state index in [4.69, 9.17) is 17.7 Å². The second-order valence-corrected chi connectivity index (χ2v) is 40.5. The summed E-state index contributed by atoms with van der Waals surface area (Å²) in [7, 11) is -7.01. The summed E-state index contributed by atoms with van der Waals surface area (Å²) in [6.45, 7) is 49.9. The summed E-state index contributed by atoms with van der Waals surface area (Å²) in [5.74, 6) is 0. The zero-order chi connectivity index (χ0) is 46.1. The Morgan fingerprint density at radius 2 is 0.700 bits per heavy atom. The lowest BCUT2D eigenvalue weighted by atomic mass is 9.70. The molecule has 0 bridgehead atoms. The third-order valence-corrected chi connectivity index (χ3v) is 14.5. The first-order chi connectivity index (χ1) is 27.2. The van der Waals surface area contributed by atoms with Crippen molar-refractivity contribution in [2.45, 2.75) is 185 Å². The highest BCUT2D eigenvalue weighted by molar-refractivity contribution is 6.71. The number of hydrogen-bond donors (Lipinski definition) is 0. The van der Waals surface area contributed by atoms with Crippen molar-refractivity contribution in [2.75, 3.05) is 0 Å². The fraction of sp³-hybridized carbons (Fsp3) is 0.577. The largest absolute Gasteiger partial charge is 0.412 e. The van der Waals surface area contributed by atoms with Crippen LogP contribution in [0.1, 0.15) is 82.1 Å². The van der Waals surface area contributed by atoms with Crippen LogP contribution in [0, 0.1) is 10.8 Å². The fourth-order valence-electron chi connectivity index (χ4n) is 8.06. The van der Waals surface area contributed by atoms with Crippen LogP contribution in [0.2, 0.25) is 78.6 Å². The molecule has 4 nitrogen and oxygen atoms in total. The van der Waals surface area contributed by atoms with Crippen LogP contribution < -0.4 is 0 Å². The molecule has 0 radical (unpaired) electrons. The molecule has 0 saturated carbocycles. The first-order valence-electron chi connectivity index (χ1n) is 22.4. The molecule has 2 aliphatic carbocycles. The van der Waals surface area contributed by atoms with Gasteiger partial charge in [-0.15, -0.1) is 0 Å². The normalized spacial score (nSPS) is 24.8. The topological polar surface area (TPSA) is 36.9 Å². The van der Waals surface area contributed by atoms with E-state index in [2.05, 4.69) is 233 Å². The Bertz CT molecular complexity index is 1680. The molecule has 0 aliphatic heterocycles. The van der Waals surface area contributed by atoms with E-state index in [-0.39, 0.29) is 35.2 Å². The van der Waals surface area contributed by atoms with Crippen LogP contribution >= 0.6 is 0 Å². The molecule has 0 aromatic rings. The molecule has 8 heteroatoms. The molecule has 0 N–H and O–H groups in total. The second kappa shape index (κ2) is 22.0. The molecule has 0 fully saturated rings. The van der Waals surface area contributed by atoms with Gasteiger partial charge in [0, 0.05) is 0 Å². The van der Waals surface area contributed by atoms with Gasteiger partial charge in [-0.1, -0.05) is 135 Å². The average molecular weight is 890 g/mol. The summed E-state index contributed by atoms with van der Waals surface area (Å²) in [6, 6.07) is 0. The van der Waals surface area contributed by atoms with Crippen LogP contribution in [0.15, 0.2) is 130 Å². The van der Waals surface area contributed by atoms with Gasteiger partial charge in [0.25, 0.3) is 0 Å². The van der Waals surface area contributed by atoms with Crippen molar-refractivity contribution < 1.29 is 17.7 Å². The Balaban J connectivity index is 2.11. The predicted molar refractivity (Wildman–Crippen MR) is 276 cm³/mol. The lowest BCUT2D eigenvalue weighted by Crippen LogP contribution is -2.50. The SMILES string of the molecule is CC1=C(/C=C/C(C)=C/C=C/C(C)=C/C=C/C=C(C)/C=C/C=C(C)/C=C/C2=C(C)[C@@H](O[Si](C)(C)C)[C@@H](O[Si](C)(C)C)CC2(C)C)C(C)(C)C[C@H](O[Si](C)(C)C)[C@@H]1O[Si](C)(C)C. The molecule has 60 heavy (non-hydrogen) atoms. The summed E-state index contributed by atoms with van der Waals surface area (Å²) in [6.07, 6.45) is 32.8. The van der Waals surface area contributed by atoms with Crippen LogP contribution in [0.4, 0.5) is 0 Å². The Labute approximate surface area is 374 Å². The Morgan fingerprint density at radius 3 is 0.983 bits per heavy atom. The Kier molecular flexibility index (Phi) is 19.8. The summed E-state index contributed by atoms with van der Waals surface area (Å²) in [4.78, 5) is 0. The van der Waals surface area contributed by atoms with Crippen molar-refractivity contribution in [3.05, 3.63) is 130 Å². The maximum Gasteiger partial charge on any atom is 0.184 e. The minimum atomic E-state index is -1.77. The van der Waals surface area contributed by atoms with Crippen LogP contribution in [-0.4, -0.2) is 57.7 Å². The van der Waals surface area contributed by atoms with E-state index in [1.165, 1.54) is 44.6 Å². The Hall–Kier alpha value is -2.15. The van der Waals surface area contributed by atoms with E-state index in [0.717, 1.165) is 12.8 Å². The van der Waals surface area contributed by atoms with Gasteiger partial charge < -0.3 is 17.7 Å². The van der Waals surface area contributed by atoms with E-state index >= 15 is 0 Å². The molecule has 0 saturated heterocycles. The van der Waals surface area contributed by atoms with Crippen molar-refractivity contribution in [1.82, 2.24) is 0 Å². The van der Waals surface area contributed by atoms with Crippen molar-refractivity contribution in [3.63, 3.8) is 0 Å². The third kappa shape index (κ3) is 19.5. The van der Waals surface area contributed by atoms with E-state index in [1.807, 2.05) is 0 Å². The zero-order valence-electron chi connectivity index (χ0n) is 42.4. The maximum absolute atomic E-state index is 6.80. The molecule has 0 aromatic carbocycles. The van der Waals surface area contributed by atoms with Crippen molar-refractivity contribution in [3.8, 4) is 0 Å².